The minimum atomic E-state index is -2.68. The predicted molar refractivity (Wildman–Crippen MR) is 32.0 cm³/mol. The van der Waals surface area contributed by atoms with E-state index in [1.165, 1.54) is 6.92 Å². The molecule has 0 amide bonds. The molecule has 0 unspecified atom stereocenters. The monoisotopic (exact) mass is 149 g/mol. The highest BCUT2D eigenvalue weighted by Gasteiger charge is 2.40. The van der Waals surface area contributed by atoms with Crippen molar-refractivity contribution < 1.29 is 13.6 Å². The maximum atomic E-state index is 12.3. The summed E-state index contributed by atoms with van der Waals surface area (Å²) in [5, 5.41) is 2.45. The van der Waals surface area contributed by atoms with E-state index in [-0.39, 0.29) is 18.7 Å². The number of nitrogens with one attached hydrogen (secondary N) is 1. The predicted octanol–water partition coefficient (Wildman–Crippen LogP) is 0.573. The first kappa shape index (κ1) is 7.60. The van der Waals surface area contributed by atoms with Crippen LogP contribution in [0.3, 0.4) is 0 Å². The fraction of sp³-hybridized carbons (Fsp3) is 0.833. The molecule has 58 valence electrons. The van der Waals surface area contributed by atoms with E-state index >= 15 is 0 Å². The third kappa shape index (κ3) is 1.50. The van der Waals surface area contributed by atoms with Gasteiger partial charge in [-0.05, 0) is 6.92 Å². The lowest BCUT2D eigenvalue weighted by atomic mass is 10.1. The van der Waals surface area contributed by atoms with Gasteiger partial charge in [-0.1, -0.05) is 0 Å². The van der Waals surface area contributed by atoms with E-state index in [1.54, 1.807) is 0 Å². The van der Waals surface area contributed by atoms with Crippen molar-refractivity contribution in [1.82, 2.24) is 5.32 Å². The summed E-state index contributed by atoms with van der Waals surface area (Å²) >= 11 is 0. The van der Waals surface area contributed by atoms with Crippen molar-refractivity contribution in [2.45, 2.75) is 25.3 Å². The Morgan fingerprint density at radius 3 is 2.50 bits per heavy atom. The van der Waals surface area contributed by atoms with Crippen molar-refractivity contribution in [3.05, 3.63) is 0 Å². The number of Topliss-reactive ketones (excluding diaryl/α,β-unsaturated/α-hetero) is 1. The van der Waals surface area contributed by atoms with Gasteiger partial charge in [0.15, 0.2) is 0 Å². The second-order valence-electron chi connectivity index (χ2n) is 2.60. The minimum Gasteiger partial charge on any atom is -0.302 e. The second-order valence-corrected chi connectivity index (χ2v) is 2.60. The molecule has 0 aromatic heterocycles. The van der Waals surface area contributed by atoms with Crippen LogP contribution in [0.5, 0.6) is 0 Å². The first-order valence-corrected chi connectivity index (χ1v) is 3.13. The highest BCUT2D eigenvalue weighted by atomic mass is 19.3. The molecule has 2 nitrogen and oxygen atoms in total. The Hall–Kier alpha value is -0.510. The van der Waals surface area contributed by atoms with Gasteiger partial charge in [0, 0.05) is 6.42 Å². The van der Waals surface area contributed by atoms with Crippen molar-refractivity contribution in [3.63, 3.8) is 0 Å². The van der Waals surface area contributed by atoms with Crippen LogP contribution < -0.4 is 5.32 Å². The fourth-order valence-electron chi connectivity index (χ4n) is 1.00. The van der Waals surface area contributed by atoms with Gasteiger partial charge in [-0.25, -0.2) is 8.78 Å². The molecule has 0 aromatic carbocycles. The Morgan fingerprint density at radius 2 is 2.30 bits per heavy atom. The van der Waals surface area contributed by atoms with Gasteiger partial charge in [0.1, 0.15) is 5.78 Å². The average molecular weight is 149 g/mol. The summed E-state index contributed by atoms with van der Waals surface area (Å²) in [6.07, 6.45) is -0.345. The van der Waals surface area contributed by atoms with Crippen LogP contribution in [0.25, 0.3) is 0 Å². The van der Waals surface area contributed by atoms with E-state index in [9.17, 15) is 13.6 Å². The summed E-state index contributed by atoms with van der Waals surface area (Å²) in [5.41, 5.74) is 0. The van der Waals surface area contributed by atoms with Crippen LogP contribution in [-0.4, -0.2) is 24.3 Å². The number of carbonyl (C=O) groups is 1. The van der Waals surface area contributed by atoms with E-state index in [0.29, 0.717) is 0 Å². The quantitative estimate of drug-likeness (QED) is 0.590. The highest BCUT2D eigenvalue weighted by molar-refractivity contribution is 5.81. The summed E-state index contributed by atoms with van der Waals surface area (Å²) in [5.74, 6) is -2.90. The van der Waals surface area contributed by atoms with E-state index in [2.05, 4.69) is 5.32 Å². The molecule has 0 aliphatic carbocycles. The van der Waals surface area contributed by atoms with Crippen LogP contribution in [-0.2, 0) is 4.79 Å². The molecule has 0 spiro atoms. The fourth-order valence-corrected chi connectivity index (χ4v) is 1.00. The van der Waals surface area contributed by atoms with Crippen LogP contribution in [0.15, 0.2) is 0 Å². The second kappa shape index (κ2) is 2.27. The number of ketones is 1. The van der Waals surface area contributed by atoms with E-state index in [1.807, 2.05) is 0 Å². The topological polar surface area (TPSA) is 29.1 Å². The molecule has 1 N–H and O–H groups in total. The van der Waals surface area contributed by atoms with Gasteiger partial charge in [0.2, 0.25) is 0 Å². The van der Waals surface area contributed by atoms with Crippen LogP contribution in [0, 0.1) is 0 Å². The molecule has 1 aliphatic rings. The summed E-state index contributed by atoms with van der Waals surface area (Å²) in [4.78, 5) is 10.5. The maximum Gasteiger partial charge on any atom is 0.262 e. The number of hydrogen-bond donors (Lipinski definition) is 1. The molecule has 1 heterocycles. The summed E-state index contributed by atoms with van der Waals surface area (Å²) in [6, 6.07) is -0.630. The van der Waals surface area contributed by atoms with E-state index in [4.69, 9.17) is 0 Å². The summed E-state index contributed by atoms with van der Waals surface area (Å²) in [6.45, 7) is 0.955. The van der Waals surface area contributed by atoms with E-state index in [0.717, 1.165) is 0 Å². The Bertz CT molecular complexity index is 158. The van der Waals surface area contributed by atoms with Gasteiger partial charge < -0.3 is 5.32 Å². The summed E-state index contributed by atoms with van der Waals surface area (Å²) in [7, 11) is 0. The number of hydrogen-bond acceptors (Lipinski definition) is 2. The molecule has 0 aromatic rings. The molecule has 1 fully saturated rings. The van der Waals surface area contributed by atoms with Crippen LogP contribution >= 0.6 is 0 Å². The lowest BCUT2D eigenvalue weighted by molar-refractivity contribution is -0.119. The molecule has 0 radical (unpaired) electrons. The Balaban J connectivity index is 2.51. The number of alkyl halides is 2. The van der Waals surface area contributed by atoms with Gasteiger partial charge in [-0.15, -0.1) is 0 Å². The minimum absolute atomic E-state index is 0.211. The van der Waals surface area contributed by atoms with Gasteiger partial charge >= 0.3 is 0 Å². The zero-order valence-electron chi connectivity index (χ0n) is 5.66. The Morgan fingerprint density at radius 1 is 1.70 bits per heavy atom. The van der Waals surface area contributed by atoms with Crippen LogP contribution in [0.4, 0.5) is 8.78 Å². The Labute approximate surface area is 57.6 Å². The zero-order chi connectivity index (χ0) is 7.78. The summed E-state index contributed by atoms with van der Waals surface area (Å²) < 4.78 is 24.7. The van der Waals surface area contributed by atoms with E-state index < -0.39 is 12.0 Å². The number of rotatable bonds is 1. The number of carbonyl (C=O) groups excluding carboxylic acids is 1. The molecule has 0 saturated carbocycles. The van der Waals surface area contributed by atoms with Crippen molar-refractivity contribution in [2.75, 3.05) is 6.54 Å². The largest absolute Gasteiger partial charge is 0.302 e. The molecule has 10 heavy (non-hydrogen) atoms. The molecular formula is C6H9F2NO. The third-order valence-electron chi connectivity index (χ3n) is 1.60. The van der Waals surface area contributed by atoms with Crippen LogP contribution in [0.1, 0.15) is 13.3 Å². The smallest absolute Gasteiger partial charge is 0.262 e. The zero-order valence-corrected chi connectivity index (χ0v) is 5.66. The SMILES string of the molecule is CC(=O)[C@@H]1CC(F)(F)CN1. The lowest BCUT2D eigenvalue weighted by Gasteiger charge is -2.04. The molecule has 1 aliphatic heterocycles. The Kier molecular flexibility index (Phi) is 1.72. The number of halogens is 2. The average Bonchev–Trinajstić information content (AvgIpc) is 2.10. The lowest BCUT2D eigenvalue weighted by Crippen LogP contribution is -2.28. The molecule has 0 bridgehead atoms. The first-order valence-electron chi connectivity index (χ1n) is 3.13. The van der Waals surface area contributed by atoms with Crippen molar-refractivity contribution >= 4 is 5.78 Å². The molecule has 1 rings (SSSR count). The molecule has 1 saturated heterocycles. The van der Waals surface area contributed by atoms with Crippen molar-refractivity contribution in [1.29, 1.82) is 0 Å². The molecule has 4 heteroatoms. The highest BCUT2D eigenvalue weighted by Crippen LogP contribution is 2.25. The normalized spacial score (nSPS) is 30.5. The third-order valence-corrected chi connectivity index (χ3v) is 1.60. The molecular weight excluding hydrogens is 140 g/mol. The molecule has 1 atom stereocenters. The van der Waals surface area contributed by atoms with Gasteiger partial charge in [-0.3, -0.25) is 4.79 Å². The van der Waals surface area contributed by atoms with Gasteiger partial charge in [0.05, 0.1) is 12.6 Å². The van der Waals surface area contributed by atoms with Gasteiger partial charge in [0.25, 0.3) is 5.92 Å². The van der Waals surface area contributed by atoms with Gasteiger partial charge in [-0.2, -0.15) is 0 Å². The standard InChI is InChI=1S/C6H9F2NO/c1-4(10)5-2-6(7,8)3-9-5/h5,9H,2-3H2,1H3/t5-/m0/s1. The first-order chi connectivity index (χ1) is 4.51. The van der Waals surface area contributed by atoms with Crippen molar-refractivity contribution in [3.8, 4) is 0 Å². The van der Waals surface area contributed by atoms with Crippen LogP contribution in [0.2, 0.25) is 0 Å². The maximum absolute atomic E-state index is 12.3. The van der Waals surface area contributed by atoms with Crippen molar-refractivity contribution in [2.24, 2.45) is 0 Å².